The Morgan fingerprint density at radius 3 is 1.33 bits per heavy atom. The van der Waals surface area contributed by atoms with E-state index >= 15 is 0 Å². The number of sulfone groups is 2. The van der Waals surface area contributed by atoms with Crippen LogP contribution in [-0.4, -0.2) is 202 Å². The molecule has 574 valence electrons. The van der Waals surface area contributed by atoms with Gasteiger partial charge in [0.2, 0.25) is 11.8 Å². The summed E-state index contributed by atoms with van der Waals surface area (Å²) in [5.41, 5.74) is 7.25. The molecule has 0 bridgehead atoms. The van der Waals surface area contributed by atoms with Crippen molar-refractivity contribution in [2.75, 3.05) is 126 Å². The highest BCUT2D eigenvalue weighted by atomic mass is 32.2. The van der Waals surface area contributed by atoms with Gasteiger partial charge in [-0.05, 0) is 202 Å². The Morgan fingerprint density at radius 1 is 0.542 bits per heavy atom. The van der Waals surface area contributed by atoms with Crippen LogP contribution >= 0.6 is 11.8 Å². The van der Waals surface area contributed by atoms with Crippen molar-refractivity contribution in [2.45, 2.75) is 288 Å². The van der Waals surface area contributed by atoms with Crippen LogP contribution in [0.5, 0.6) is 0 Å². The SMILES string of the molecule is CC(C)(C)CC(C)(C)O.CC(C)(C)CC1CC(O)C1.CC(C)(C)CC1CCN(C(=O)CN2CCOCC2)CC1.CC(C)(C)CC1CCS(=O)(=O)CC1.CC(C)(C)CCO.CC(C)(C)CN1CCC(CN)CC1=O.CC(C)(C)CN1CCS(=O)(=O)CC1.CC(C)CC1CCSCC1. The molecule has 7 aliphatic rings. The number of morpholine rings is 1. The minimum atomic E-state index is -2.71. The standard InChI is InChI=1S/C16H30N2O2.C11H22N2O.C10H20O2S.C9H19NO2S.C9H18O.C9H18S.C8H18O.C6H14O/c1-16(2,3)12-14-4-6-18(7-5-14)15(19)13-17-8-10-20-11-9-17;1-11(2,3)8-13-5-4-9(7-12)6-10(13)14;1-10(2,3)8-9-4-6-13(11,12)7-5-9;1-9(2,3)8-10-4-6-13(11,12)7-5-10;1-9(2,3)6-7-4-8(10)5-7;1-8(2)7-9-3-5-10-6-4-9;1-7(2,3)6-8(4,5)9;1-6(2,3)4-5-7/h14H,4-13H2,1-3H3;9H,4-8,12H2,1-3H3;9H,4-8H2,1-3H3;4-8H2,1-3H3;7-8,10H,4-6H2,1-3H3;8-9H,3-7H2,1-2H3;9H,6H2,1-5H3;7H,4-5H2,1-3H3. The topological polar surface area (TPSA) is 211 Å². The lowest BCUT2D eigenvalue weighted by molar-refractivity contribution is -0.136. The molecule has 0 aromatic heterocycles. The molecule has 96 heavy (non-hydrogen) atoms. The van der Waals surface area contributed by atoms with Crippen molar-refractivity contribution in [1.82, 2.24) is 19.6 Å². The fraction of sp³-hybridized carbons (Fsp3) is 0.974. The summed E-state index contributed by atoms with van der Waals surface area (Å²) in [5.74, 6) is 9.51. The number of rotatable bonds is 12. The zero-order chi connectivity index (χ0) is 74.4. The quantitative estimate of drug-likeness (QED) is 0.143. The number of aliphatic hydroxyl groups is 3. The Morgan fingerprint density at radius 2 is 0.979 bits per heavy atom. The predicted octanol–water partition coefficient (Wildman–Crippen LogP) is 15.2. The van der Waals surface area contributed by atoms with Crippen molar-refractivity contribution in [2.24, 2.45) is 79.1 Å². The number of carbonyl (C=O) groups excluding carboxylic acids is 2. The first-order valence-electron chi connectivity index (χ1n) is 37.7. The summed E-state index contributed by atoms with van der Waals surface area (Å²) in [6, 6.07) is 0. The van der Waals surface area contributed by atoms with Gasteiger partial charge in [-0.2, -0.15) is 11.8 Å². The van der Waals surface area contributed by atoms with Crippen molar-refractivity contribution >= 4 is 43.3 Å². The molecule has 0 spiro atoms. The van der Waals surface area contributed by atoms with Crippen LogP contribution in [0.25, 0.3) is 0 Å². The zero-order valence-electron chi connectivity index (χ0n) is 67.3. The number of nitrogens with two attached hydrogens (primary N) is 1. The molecule has 1 atom stereocenters. The summed E-state index contributed by atoms with van der Waals surface area (Å²) in [5, 5.41) is 26.8. The third kappa shape index (κ3) is 55.5. The number of nitrogens with zero attached hydrogens (tertiary/aromatic N) is 4. The number of piperidine rings is 2. The minimum Gasteiger partial charge on any atom is -0.396 e. The first-order valence-corrected chi connectivity index (χ1v) is 42.5. The molecular formula is C78H159N5O10S3. The van der Waals surface area contributed by atoms with Gasteiger partial charge in [-0.3, -0.25) is 14.5 Å². The van der Waals surface area contributed by atoms with E-state index in [0.717, 1.165) is 134 Å². The van der Waals surface area contributed by atoms with E-state index in [-0.39, 0.29) is 28.3 Å². The van der Waals surface area contributed by atoms with Crippen LogP contribution in [-0.2, 0) is 34.0 Å². The van der Waals surface area contributed by atoms with Gasteiger partial charge in [0.1, 0.15) is 9.84 Å². The molecule has 0 radical (unpaired) electrons. The van der Waals surface area contributed by atoms with Crippen LogP contribution in [0.3, 0.4) is 0 Å². The van der Waals surface area contributed by atoms with Gasteiger partial charge in [0.05, 0.1) is 54.5 Å². The van der Waals surface area contributed by atoms with E-state index in [4.69, 9.17) is 20.7 Å². The predicted molar refractivity (Wildman–Crippen MR) is 412 cm³/mol. The van der Waals surface area contributed by atoms with Crippen molar-refractivity contribution in [3.8, 4) is 0 Å². The Hall–Kier alpha value is -1.09. The maximum absolute atomic E-state index is 12.3. The fourth-order valence-corrected chi connectivity index (χ4v) is 17.9. The average molecular weight is 1420 g/mol. The molecule has 1 aliphatic carbocycles. The Kier molecular flexibility index (Phi) is 43.4. The number of thioether (sulfide) groups is 1. The number of ether oxygens (including phenoxy) is 1. The van der Waals surface area contributed by atoms with Crippen LogP contribution in [0.15, 0.2) is 0 Å². The van der Waals surface area contributed by atoms with E-state index in [1.54, 1.807) is 0 Å². The van der Waals surface area contributed by atoms with E-state index in [1.807, 2.05) is 18.7 Å². The van der Waals surface area contributed by atoms with Crippen LogP contribution in [0.2, 0.25) is 0 Å². The lowest BCUT2D eigenvalue weighted by Crippen LogP contribution is -2.47. The lowest BCUT2D eigenvalue weighted by atomic mass is 9.73. The largest absolute Gasteiger partial charge is 0.396 e. The maximum Gasteiger partial charge on any atom is 0.236 e. The number of aliphatic hydroxyl groups excluding tert-OH is 2. The van der Waals surface area contributed by atoms with Crippen LogP contribution in [0, 0.1) is 73.4 Å². The van der Waals surface area contributed by atoms with E-state index < -0.39 is 25.3 Å². The number of likely N-dealkylation sites (tertiary alicyclic amines) is 2. The lowest BCUT2D eigenvalue weighted by Gasteiger charge is -2.36. The van der Waals surface area contributed by atoms with Crippen LogP contribution < -0.4 is 5.73 Å². The van der Waals surface area contributed by atoms with E-state index in [2.05, 4.69) is 186 Å². The molecule has 2 amide bonds. The zero-order valence-corrected chi connectivity index (χ0v) is 69.7. The molecule has 0 aromatic carbocycles. The number of amides is 2. The molecule has 15 nitrogen and oxygen atoms in total. The number of carbonyl (C=O) groups is 2. The number of hydrogen-bond donors (Lipinski definition) is 4. The van der Waals surface area contributed by atoms with Gasteiger partial charge in [-0.25, -0.2) is 16.8 Å². The molecule has 1 saturated carbocycles. The second-order valence-electron chi connectivity index (χ2n) is 39.3. The van der Waals surface area contributed by atoms with Gasteiger partial charge in [0.25, 0.3) is 0 Å². The molecule has 7 rings (SSSR count). The Labute approximate surface area is 598 Å². The van der Waals surface area contributed by atoms with Crippen molar-refractivity contribution in [3.63, 3.8) is 0 Å². The van der Waals surface area contributed by atoms with Gasteiger partial charge in [0.15, 0.2) is 9.84 Å². The van der Waals surface area contributed by atoms with Crippen molar-refractivity contribution < 1.29 is 46.5 Å². The van der Waals surface area contributed by atoms with Gasteiger partial charge < -0.3 is 40.5 Å². The molecule has 6 heterocycles. The summed E-state index contributed by atoms with van der Waals surface area (Å²) < 4.78 is 49.9. The van der Waals surface area contributed by atoms with Crippen molar-refractivity contribution in [1.29, 1.82) is 0 Å². The Balaban J connectivity index is 0.00000109. The maximum atomic E-state index is 12.3. The van der Waals surface area contributed by atoms with Gasteiger partial charge >= 0.3 is 0 Å². The minimum absolute atomic E-state index is 0.0207. The molecular weight excluding hydrogens is 1260 g/mol. The summed E-state index contributed by atoms with van der Waals surface area (Å²) in [6.07, 6.45) is 17.8. The first kappa shape index (κ1) is 94.9. The van der Waals surface area contributed by atoms with E-state index in [0.29, 0.717) is 102 Å². The normalized spacial score (nSPS) is 22.9. The highest BCUT2D eigenvalue weighted by Crippen LogP contribution is 2.38. The third-order valence-electron chi connectivity index (χ3n) is 17.7. The molecule has 6 aliphatic heterocycles. The summed E-state index contributed by atoms with van der Waals surface area (Å²) in [4.78, 5) is 32.5. The van der Waals surface area contributed by atoms with Gasteiger partial charge in [-0.15, -0.1) is 0 Å². The second-order valence-corrected chi connectivity index (χ2v) is 45.2. The molecule has 1 unspecified atom stereocenters. The summed E-state index contributed by atoms with van der Waals surface area (Å²) in [6.45, 7) is 65.4. The summed E-state index contributed by atoms with van der Waals surface area (Å²) >= 11 is 2.13. The van der Waals surface area contributed by atoms with Gasteiger partial charge in [0, 0.05) is 71.9 Å². The smallest absolute Gasteiger partial charge is 0.236 e. The molecule has 0 aromatic rings. The van der Waals surface area contributed by atoms with Gasteiger partial charge in [-0.1, -0.05) is 159 Å². The molecule has 7 fully saturated rings. The summed E-state index contributed by atoms with van der Waals surface area (Å²) in [7, 11) is -5.38. The Bertz CT molecular complexity index is 2190. The monoisotopic (exact) mass is 1420 g/mol. The van der Waals surface area contributed by atoms with E-state index in [1.165, 1.54) is 56.5 Å². The average Bonchev–Trinajstić information content (AvgIpc) is 1.22. The molecule has 5 N–H and O–H groups in total. The van der Waals surface area contributed by atoms with Crippen LogP contribution in [0.1, 0.15) is 276 Å². The van der Waals surface area contributed by atoms with Crippen molar-refractivity contribution in [3.05, 3.63) is 0 Å². The first-order chi connectivity index (χ1) is 43.5. The molecule has 6 saturated heterocycles. The number of hydrogen-bond acceptors (Lipinski definition) is 14. The van der Waals surface area contributed by atoms with E-state index in [9.17, 15) is 31.5 Å². The third-order valence-corrected chi connectivity index (χ3v) is 22.1. The highest BCUT2D eigenvalue weighted by Gasteiger charge is 2.33. The molecule has 18 heteroatoms. The van der Waals surface area contributed by atoms with Crippen LogP contribution in [0.4, 0.5) is 0 Å². The highest BCUT2D eigenvalue weighted by molar-refractivity contribution is 7.99. The fourth-order valence-electron chi connectivity index (χ4n) is 13.8. The second kappa shape index (κ2) is 43.9.